The monoisotopic (exact) mass is 280 g/mol. The number of nitro benzene ring substituents is 1. The molecule has 2 aromatic rings. The average molecular weight is 281 g/mol. The van der Waals surface area contributed by atoms with E-state index in [0.717, 1.165) is 0 Å². The maximum Gasteiger partial charge on any atom is 0.290 e. The number of halogens is 1. The first kappa shape index (κ1) is 13.1. The van der Waals surface area contributed by atoms with Crippen LogP contribution in [0.25, 0.3) is 0 Å². The Bertz CT molecular complexity index is 636. The summed E-state index contributed by atoms with van der Waals surface area (Å²) >= 11 is 5.70. The molecule has 0 amide bonds. The molecule has 19 heavy (non-hydrogen) atoms. The number of methoxy groups -OCH3 is 1. The third-order valence-corrected chi connectivity index (χ3v) is 2.59. The highest BCUT2D eigenvalue weighted by Crippen LogP contribution is 2.28. The molecule has 0 aliphatic carbocycles. The molecule has 1 heterocycles. The van der Waals surface area contributed by atoms with Gasteiger partial charge in [0.2, 0.25) is 0 Å². The molecule has 0 spiro atoms. The molecular weight excluding hydrogens is 272 g/mol. The van der Waals surface area contributed by atoms with Gasteiger partial charge in [-0.3, -0.25) is 15.1 Å². The van der Waals surface area contributed by atoms with Crippen LogP contribution in [0.4, 0.5) is 11.4 Å². The van der Waals surface area contributed by atoms with Crippen LogP contribution in [0.2, 0.25) is 5.02 Å². The summed E-state index contributed by atoms with van der Waals surface area (Å²) in [6.07, 6.45) is 1.44. The van der Waals surface area contributed by atoms with Gasteiger partial charge in [-0.05, 0) is 18.2 Å². The molecule has 0 atom stereocenters. The summed E-state index contributed by atoms with van der Waals surface area (Å²) in [5, 5.41) is 10.8. The SMILES string of the molecule is COc1ccc(C=Nc2ccc(Cl)c([N+](=O)[O-])c2)o1. The van der Waals surface area contributed by atoms with Gasteiger partial charge < -0.3 is 9.15 Å². The second-order valence-corrected chi connectivity index (χ2v) is 3.92. The third-order valence-electron chi connectivity index (χ3n) is 2.27. The van der Waals surface area contributed by atoms with Gasteiger partial charge in [-0.15, -0.1) is 0 Å². The van der Waals surface area contributed by atoms with E-state index in [0.29, 0.717) is 17.4 Å². The van der Waals surface area contributed by atoms with Crippen LogP contribution in [0.5, 0.6) is 5.95 Å². The lowest BCUT2D eigenvalue weighted by molar-refractivity contribution is -0.384. The van der Waals surface area contributed by atoms with E-state index in [9.17, 15) is 10.1 Å². The van der Waals surface area contributed by atoms with Crippen molar-refractivity contribution in [2.24, 2.45) is 4.99 Å². The van der Waals surface area contributed by atoms with Gasteiger partial charge in [-0.25, -0.2) is 0 Å². The van der Waals surface area contributed by atoms with E-state index in [1.165, 1.54) is 25.5 Å². The number of rotatable bonds is 4. The minimum atomic E-state index is -0.558. The summed E-state index contributed by atoms with van der Waals surface area (Å²) < 4.78 is 10.1. The van der Waals surface area contributed by atoms with Crippen molar-refractivity contribution in [3.05, 3.63) is 51.2 Å². The van der Waals surface area contributed by atoms with Crippen LogP contribution < -0.4 is 4.74 Å². The van der Waals surface area contributed by atoms with Crippen LogP contribution in [0.1, 0.15) is 5.76 Å². The number of nitrogens with zero attached hydrogens (tertiary/aromatic N) is 2. The molecule has 2 rings (SSSR count). The first-order valence-electron chi connectivity index (χ1n) is 5.22. The van der Waals surface area contributed by atoms with Gasteiger partial charge in [0.05, 0.1) is 23.9 Å². The Balaban J connectivity index is 2.23. The zero-order valence-electron chi connectivity index (χ0n) is 9.87. The van der Waals surface area contributed by atoms with E-state index in [4.69, 9.17) is 20.8 Å². The van der Waals surface area contributed by atoms with Crippen molar-refractivity contribution in [3.63, 3.8) is 0 Å². The third kappa shape index (κ3) is 3.11. The molecule has 0 aliphatic heterocycles. The molecule has 7 heteroatoms. The van der Waals surface area contributed by atoms with E-state index in [2.05, 4.69) is 4.99 Å². The van der Waals surface area contributed by atoms with E-state index < -0.39 is 4.92 Å². The Labute approximate surface area is 113 Å². The summed E-state index contributed by atoms with van der Waals surface area (Å²) in [6, 6.07) is 7.61. The molecule has 1 aromatic heterocycles. The number of hydrogen-bond donors (Lipinski definition) is 0. The van der Waals surface area contributed by atoms with Crippen molar-refractivity contribution < 1.29 is 14.1 Å². The smallest absolute Gasteiger partial charge is 0.290 e. The highest BCUT2D eigenvalue weighted by molar-refractivity contribution is 6.32. The predicted octanol–water partition coefficient (Wildman–Crippen LogP) is 3.60. The second-order valence-electron chi connectivity index (χ2n) is 3.51. The van der Waals surface area contributed by atoms with Gasteiger partial charge in [-0.1, -0.05) is 11.6 Å². The zero-order valence-corrected chi connectivity index (χ0v) is 10.6. The number of nitro groups is 1. The topological polar surface area (TPSA) is 77.9 Å². The molecule has 0 radical (unpaired) electrons. The molecule has 6 nitrogen and oxygen atoms in total. The summed E-state index contributed by atoms with van der Waals surface area (Å²) in [4.78, 5) is 14.2. The van der Waals surface area contributed by atoms with Gasteiger partial charge in [0.1, 0.15) is 10.8 Å². The molecule has 0 saturated carbocycles. The fourth-order valence-corrected chi connectivity index (χ4v) is 1.56. The van der Waals surface area contributed by atoms with E-state index in [1.54, 1.807) is 18.2 Å². The van der Waals surface area contributed by atoms with E-state index in [1.807, 2.05) is 0 Å². The molecule has 0 bridgehead atoms. The van der Waals surface area contributed by atoms with Crippen LogP contribution in [-0.2, 0) is 0 Å². The molecule has 0 saturated heterocycles. The lowest BCUT2D eigenvalue weighted by Crippen LogP contribution is -1.88. The second kappa shape index (κ2) is 5.53. The molecule has 1 aromatic carbocycles. The molecular formula is C12H9ClN2O4. The number of ether oxygens (including phenoxy) is 1. The largest absolute Gasteiger partial charge is 0.468 e. The van der Waals surface area contributed by atoms with E-state index in [-0.39, 0.29) is 10.7 Å². The molecule has 0 fully saturated rings. The maximum atomic E-state index is 10.7. The van der Waals surface area contributed by atoms with Gasteiger partial charge >= 0.3 is 0 Å². The van der Waals surface area contributed by atoms with Gasteiger partial charge in [-0.2, -0.15) is 0 Å². The van der Waals surface area contributed by atoms with Gasteiger partial charge in [0.25, 0.3) is 11.6 Å². The van der Waals surface area contributed by atoms with Crippen molar-refractivity contribution in [2.75, 3.05) is 7.11 Å². The number of aliphatic imine (C=N–C) groups is 1. The van der Waals surface area contributed by atoms with Crippen LogP contribution >= 0.6 is 11.6 Å². The lowest BCUT2D eigenvalue weighted by Gasteiger charge is -1.96. The Kier molecular flexibility index (Phi) is 3.82. The van der Waals surface area contributed by atoms with Crippen molar-refractivity contribution in [3.8, 4) is 5.95 Å². The van der Waals surface area contributed by atoms with Gasteiger partial charge in [0.15, 0.2) is 0 Å². The van der Waals surface area contributed by atoms with Crippen LogP contribution in [0.15, 0.2) is 39.7 Å². The highest BCUT2D eigenvalue weighted by Gasteiger charge is 2.12. The highest BCUT2D eigenvalue weighted by atomic mass is 35.5. The van der Waals surface area contributed by atoms with Crippen LogP contribution in [0, 0.1) is 10.1 Å². The molecule has 0 N–H and O–H groups in total. The maximum absolute atomic E-state index is 10.7. The Hall–Kier alpha value is -2.34. The Morgan fingerprint density at radius 1 is 1.42 bits per heavy atom. The van der Waals surface area contributed by atoms with Crippen LogP contribution in [0.3, 0.4) is 0 Å². The summed E-state index contributed by atoms with van der Waals surface area (Å²) in [6.45, 7) is 0. The first-order valence-corrected chi connectivity index (χ1v) is 5.60. The quantitative estimate of drug-likeness (QED) is 0.487. The number of furan rings is 1. The summed E-state index contributed by atoms with van der Waals surface area (Å²) in [7, 11) is 1.49. The fourth-order valence-electron chi connectivity index (χ4n) is 1.37. The normalized spacial score (nSPS) is 10.8. The number of benzene rings is 1. The van der Waals surface area contributed by atoms with E-state index >= 15 is 0 Å². The standard InChI is InChI=1S/C12H9ClN2O4/c1-18-12-5-3-9(19-12)7-14-8-2-4-10(13)11(6-8)15(16)17/h2-7H,1H3. The Morgan fingerprint density at radius 2 is 2.21 bits per heavy atom. The summed E-state index contributed by atoms with van der Waals surface area (Å²) in [5.74, 6) is 0.845. The predicted molar refractivity (Wildman–Crippen MR) is 70.6 cm³/mol. The number of hydrogen-bond acceptors (Lipinski definition) is 5. The van der Waals surface area contributed by atoms with Crippen LogP contribution in [-0.4, -0.2) is 18.2 Å². The molecule has 0 unspecified atom stereocenters. The minimum Gasteiger partial charge on any atom is -0.468 e. The Morgan fingerprint density at radius 3 is 2.84 bits per heavy atom. The average Bonchev–Trinajstić information content (AvgIpc) is 2.85. The fraction of sp³-hybridized carbons (Fsp3) is 0.0833. The molecule has 0 aliphatic rings. The summed E-state index contributed by atoms with van der Waals surface area (Å²) in [5.41, 5.74) is 0.222. The minimum absolute atomic E-state index is 0.0728. The van der Waals surface area contributed by atoms with Crippen molar-refractivity contribution in [2.45, 2.75) is 0 Å². The van der Waals surface area contributed by atoms with Crippen molar-refractivity contribution in [1.82, 2.24) is 0 Å². The molecule has 98 valence electrons. The zero-order chi connectivity index (χ0) is 13.8. The van der Waals surface area contributed by atoms with Gasteiger partial charge in [0, 0.05) is 12.1 Å². The lowest BCUT2D eigenvalue weighted by atomic mass is 10.3. The first-order chi connectivity index (χ1) is 9.10. The van der Waals surface area contributed by atoms with Crippen molar-refractivity contribution >= 4 is 29.2 Å². The van der Waals surface area contributed by atoms with Crippen molar-refractivity contribution in [1.29, 1.82) is 0 Å².